The van der Waals surface area contributed by atoms with Crippen LogP contribution in [0.15, 0.2) is 168 Å². The highest BCUT2D eigenvalue weighted by Crippen LogP contribution is 2.38. The number of hydrogen-bond acceptors (Lipinski definition) is 10. The predicted molar refractivity (Wildman–Crippen MR) is 230 cm³/mol. The minimum Gasteiger partial charge on any atom is -0.354 e. The molecule has 2 aromatic heterocycles. The number of aromatic nitrogens is 2. The average Bonchev–Trinajstić information content (AvgIpc) is 4.12. The predicted octanol–water partition coefficient (Wildman–Crippen LogP) is 7.92. The van der Waals surface area contributed by atoms with Crippen LogP contribution in [-0.2, 0) is 0 Å². The van der Waals surface area contributed by atoms with Crippen molar-refractivity contribution in [3.63, 3.8) is 0 Å². The Labute approximate surface area is 344 Å². The van der Waals surface area contributed by atoms with Gasteiger partial charge in [-0.15, -0.1) is 0 Å². The van der Waals surface area contributed by atoms with Gasteiger partial charge in [-0.3, -0.25) is 45.4 Å². The maximum absolute atomic E-state index is 12.5. The van der Waals surface area contributed by atoms with Crippen molar-refractivity contribution >= 4 is 56.5 Å². The second-order valence-electron chi connectivity index (χ2n) is 13.6. The fourth-order valence-electron chi connectivity index (χ4n) is 7.40. The molecule has 0 atom stereocenters. The normalized spacial score (nSPS) is 14.9. The van der Waals surface area contributed by atoms with Crippen LogP contribution in [0.1, 0.15) is 33.6 Å². The van der Waals surface area contributed by atoms with Gasteiger partial charge in [-0.1, -0.05) is 61.2 Å². The van der Waals surface area contributed by atoms with Crippen LogP contribution in [0.25, 0.3) is 22.3 Å². The fraction of sp³-hybridized carbons (Fsp3) is 0.0222. The Morgan fingerprint density at radius 2 is 0.934 bits per heavy atom. The van der Waals surface area contributed by atoms with Crippen LogP contribution in [0.2, 0.25) is 0 Å². The Morgan fingerprint density at radius 1 is 0.492 bits per heavy atom. The fourth-order valence-corrected chi connectivity index (χ4v) is 7.40. The number of nitrogens with zero attached hydrogens (tertiary/aromatic N) is 6. The van der Waals surface area contributed by atoms with Crippen LogP contribution in [-0.4, -0.2) is 47.6 Å². The van der Waals surface area contributed by atoms with Crippen LogP contribution in [0, 0.1) is 40.5 Å². The summed E-state index contributed by atoms with van der Waals surface area (Å²) in [6.45, 7) is 4.49. The number of rotatable bonds is 12. The Morgan fingerprint density at radius 3 is 1.43 bits per heavy atom. The van der Waals surface area contributed by atoms with E-state index in [4.69, 9.17) is 4.99 Å². The molecule has 2 aliphatic rings. The summed E-state index contributed by atoms with van der Waals surface area (Å²) in [5.41, 5.74) is 3.39. The summed E-state index contributed by atoms with van der Waals surface area (Å²) < 4.78 is 0. The lowest BCUT2D eigenvalue weighted by Crippen LogP contribution is -2.21. The molecule has 298 valence electrons. The number of H-pyrrole nitrogens is 2. The standard InChI is InChI=1S/C45H30N8O8/c1-27(28-11-2-6-16-39(28)50(54)55)32-20-21-35(47-32)44(30-13-4-8-18-41(30)52(58)59)36-24-25-38(49-36)45(31-14-5-9-19-42(31)53(60)61)37-23-22-34(48-37)43(33-15-10-26-46-33)29-12-3-7-17-40(29)51(56)57/h2-25,47-48H,1,26H2/b43-34-,44-36-,45-37-. The molecule has 4 heterocycles. The molecule has 0 spiro atoms. The van der Waals surface area contributed by atoms with Crippen molar-refractivity contribution in [2.24, 2.45) is 9.98 Å². The van der Waals surface area contributed by atoms with E-state index in [-0.39, 0.29) is 50.8 Å². The first-order valence-corrected chi connectivity index (χ1v) is 18.5. The number of nitro groups is 4. The van der Waals surface area contributed by atoms with Gasteiger partial charge < -0.3 is 9.97 Å². The van der Waals surface area contributed by atoms with Gasteiger partial charge in [0.25, 0.3) is 22.7 Å². The third kappa shape index (κ3) is 7.38. The first kappa shape index (κ1) is 38.9. The van der Waals surface area contributed by atoms with Crippen molar-refractivity contribution in [3.05, 3.63) is 243 Å². The zero-order valence-electron chi connectivity index (χ0n) is 31.7. The van der Waals surface area contributed by atoms with Gasteiger partial charge in [-0.2, -0.15) is 0 Å². The Hall–Kier alpha value is -8.92. The number of aromatic amines is 2. The molecule has 2 aliphatic heterocycles. The van der Waals surface area contributed by atoms with Crippen molar-refractivity contribution < 1.29 is 19.7 Å². The molecule has 0 fully saturated rings. The second kappa shape index (κ2) is 16.1. The molecule has 0 amide bonds. The molecule has 0 unspecified atom stereocenters. The van der Waals surface area contributed by atoms with E-state index in [1.165, 1.54) is 36.4 Å². The topological polar surface area (TPSA) is 229 Å². The molecule has 4 aromatic carbocycles. The maximum Gasteiger partial charge on any atom is 0.277 e. The third-order valence-corrected chi connectivity index (χ3v) is 10.1. The van der Waals surface area contributed by atoms with Gasteiger partial charge >= 0.3 is 0 Å². The lowest BCUT2D eigenvalue weighted by Gasteiger charge is -2.11. The molecule has 6 aromatic rings. The summed E-state index contributed by atoms with van der Waals surface area (Å²) in [5, 5.41) is 49.8. The summed E-state index contributed by atoms with van der Waals surface area (Å²) >= 11 is 0. The highest BCUT2D eigenvalue weighted by atomic mass is 16.6. The van der Waals surface area contributed by atoms with Crippen LogP contribution in [0.5, 0.6) is 0 Å². The van der Waals surface area contributed by atoms with Crippen molar-refractivity contribution in [1.29, 1.82) is 0 Å². The zero-order chi connectivity index (χ0) is 42.8. The van der Waals surface area contributed by atoms with E-state index in [9.17, 15) is 40.5 Å². The van der Waals surface area contributed by atoms with E-state index in [1.807, 2.05) is 6.08 Å². The van der Waals surface area contributed by atoms with Crippen molar-refractivity contribution in [2.45, 2.75) is 0 Å². The molecular formula is C45H30N8O8. The molecule has 0 saturated heterocycles. The minimum absolute atomic E-state index is 0.141. The lowest BCUT2D eigenvalue weighted by atomic mass is 9.98. The van der Waals surface area contributed by atoms with Gasteiger partial charge in [0.1, 0.15) is 0 Å². The third-order valence-electron chi connectivity index (χ3n) is 10.1. The summed E-state index contributed by atoms with van der Waals surface area (Å²) in [5.74, 6) is 0. The SMILES string of the molecule is C=C(c1ccc(/C(=C2/C=CC(C(/c3ccccc3[N+](=O)[O-])=c3/cc/c(=C(/C4=NCC=C4)c4ccccc4[N+](=O)[O-])[nH]3)=N2)c2ccccc2[N+](=O)[O-])[nH]1)c1ccccc1[N+](=O)[O-]. The number of allylic oxidation sites excluding steroid dienone is 3. The molecule has 0 radical (unpaired) electrons. The van der Waals surface area contributed by atoms with Gasteiger partial charge in [0, 0.05) is 68.6 Å². The number of nitro benzene ring substituents is 4. The first-order chi connectivity index (χ1) is 29.5. The molecule has 61 heavy (non-hydrogen) atoms. The molecule has 8 rings (SSSR count). The van der Waals surface area contributed by atoms with E-state index in [2.05, 4.69) is 21.5 Å². The quantitative estimate of drug-likeness (QED) is 0.0909. The highest BCUT2D eigenvalue weighted by Gasteiger charge is 2.28. The van der Waals surface area contributed by atoms with Crippen molar-refractivity contribution in [1.82, 2.24) is 9.97 Å². The van der Waals surface area contributed by atoms with E-state index in [0.29, 0.717) is 62.2 Å². The Kier molecular flexibility index (Phi) is 10.3. The van der Waals surface area contributed by atoms with Crippen LogP contribution >= 0.6 is 0 Å². The van der Waals surface area contributed by atoms with Crippen LogP contribution in [0.4, 0.5) is 22.7 Å². The summed E-state index contributed by atoms with van der Waals surface area (Å²) in [6.07, 6.45) is 6.88. The number of benzene rings is 4. The van der Waals surface area contributed by atoms with Gasteiger partial charge in [0.2, 0.25) is 0 Å². The Bertz CT molecular complexity index is 3170. The molecule has 0 saturated carbocycles. The Balaban J connectivity index is 1.39. The largest absolute Gasteiger partial charge is 0.354 e. The monoisotopic (exact) mass is 810 g/mol. The second-order valence-corrected chi connectivity index (χ2v) is 13.6. The molecule has 2 N–H and O–H groups in total. The van der Waals surface area contributed by atoms with Gasteiger partial charge in [-0.25, -0.2) is 4.99 Å². The lowest BCUT2D eigenvalue weighted by molar-refractivity contribution is -0.385. The minimum atomic E-state index is -0.518. The van der Waals surface area contributed by atoms with Crippen molar-refractivity contribution in [3.8, 4) is 0 Å². The molecule has 0 bridgehead atoms. The number of hydrogen-bond donors (Lipinski definition) is 2. The molecular weight excluding hydrogens is 781 g/mol. The zero-order valence-corrected chi connectivity index (χ0v) is 31.7. The molecule has 16 nitrogen and oxygen atoms in total. The molecule has 0 aliphatic carbocycles. The van der Waals surface area contributed by atoms with Crippen molar-refractivity contribution in [2.75, 3.05) is 6.54 Å². The van der Waals surface area contributed by atoms with Crippen LogP contribution in [0.3, 0.4) is 0 Å². The van der Waals surface area contributed by atoms with E-state index in [1.54, 1.807) is 103 Å². The first-order valence-electron chi connectivity index (χ1n) is 18.5. The molecule has 16 heteroatoms. The summed E-state index contributed by atoms with van der Waals surface area (Å²) in [4.78, 5) is 63.2. The van der Waals surface area contributed by atoms with Gasteiger partial charge in [-0.05, 0) is 66.8 Å². The van der Waals surface area contributed by atoms with E-state index < -0.39 is 19.7 Å². The summed E-state index contributed by atoms with van der Waals surface area (Å²) in [6, 6.07) is 31.4. The summed E-state index contributed by atoms with van der Waals surface area (Å²) in [7, 11) is 0. The highest BCUT2D eigenvalue weighted by molar-refractivity contribution is 6.32. The number of para-hydroxylation sites is 4. The van der Waals surface area contributed by atoms with Gasteiger partial charge in [0.05, 0.1) is 65.6 Å². The average molecular weight is 811 g/mol. The maximum atomic E-state index is 12.5. The van der Waals surface area contributed by atoms with Crippen LogP contribution < -0.4 is 10.7 Å². The number of nitrogens with one attached hydrogen (secondary N) is 2. The van der Waals surface area contributed by atoms with E-state index >= 15 is 0 Å². The number of aliphatic imine (C=N–C) groups is 2. The smallest absolute Gasteiger partial charge is 0.277 e. The van der Waals surface area contributed by atoms with Gasteiger partial charge in [0.15, 0.2) is 0 Å². The van der Waals surface area contributed by atoms with E-state index in [0.717, 1.165) is 0 Å².